The van der Waals surface area contributed by atoms with E-state index in [1.165, 1.54) is 12.1 Å². The van der Waals surface area contributed by atoms with E-state index in [0.717, 1.165) is 5.52 Å². The van der Waals surface area contributed by atoms with Gasteiger partial charge < -0.3 is 14.8 Å². The predicted molar refractivity (Wildman–Crippen MR) is 115 cm³/mol. The van der Waals surface area contributed by atoms with Gasteiger partial charge in [0.15, 0.2) is 0 Å². The second-order valence-electron chi connectivity index (χ2n) is 7.06. The molecular formula is C22H24N4O4. The standard InChI is InChI=1S/C22H24N4O4/c1-3-12-25(16(2)22(28)23-18-7-5-4-6-8-18)21(27)15-24-13-11-17-14-19(26(29)30)9-10-20(17)24/h4-11,13-14,16H,3,12,15H2,1-2H3,(H,23,28). The summed E-state index contributed by atoms with van der Waals surface area (Å²) in [6, 6.07) is 14.8. The molecule has 1 aromatic heterocycles. The summed E-state index contributed by atoms with van der Waals surface area (Å²) in [5.41, 5.74) is 1.41. The molecule has 0 aliphatic rings. The Kier molecular flexibility index (Phi) is 6.46. The van der Waals surface area contributed by atoms with Crippen molar-refractivity contribution in [1.29, 1.82) is 0 Å². The zero-order valence-electron chi connectivity index (χ0n) is 16.9. The molecule has 8 nitrogen and oxygen atoms in total. The molecule has 0 spiro atoms. The number of carbonyl (C=O) groups is 2. The van der Waals surface area contributed by atoms with Crippen LogP contribution < -0.4 is 5.32 Å². The van der Waals surface area contributed by atoms with Crippen LogP contribution in [0.1, 0.15) is 20.3 Å². The summed E-state index contributed by atoms with van der Waals surface area (Å²) in [5.74, 6) is -0.445. The Labute approximate surface area is 174 Å². The highest BCUT2D eigenvalue weighted by Crippen LogP contribution is 2.22. The SMILES string of the molecule is CCCN(C(=O)Cn1ccc2cc([N+](=O)[O-])ccc21)C(C)C(=O)Nc1ccccc1. The number of amides is 2. The number of nitro groups is 1. The Morgan fingerprint density at radius 3 is 2.57 bits per heavy atom. The number of non-ortho nitro benzene ring substituents is 1. The number of rotatable bonds is 8. The van der Waals surface area contributed by atoms with E-state index >= 15 is 0 Å². The first-order valence-electron chi connectivity index (χ1n) is 9.79. The summed E-state index contributed by atoms with van der Waals surface area (Å²) in [4.78, 5) is 37.8. The molecule has 1 atom stereocenters. The van der Waals surface area contributed by atoms with E-state index in [1.54, 1.807) is 46.9 Å². The lowest BCUT2D eigenvalue weighted by Crippen LogP contribution is -2.47. The molecule has 0 aliphatic heterocycles. The van der Waals surface area contributed by atoms with E-state index < -0.39 is 11.0 Å². The van der Waals surface area contributed by atoms with Crippen molar-refractivity contribution in [2.75, 3.05) is 11.9 Å². The van der Waals surface area contributed by atoms with Crippen molar-refractivity contribution < 1.29 is 14.5 Å². The number of para-hydroxylation sites is 1. The lowest BCUT2D eigenvalue weighted by molar-refractivity contribution is -0.384. The third kappa shape index (κ3) is 4.65. The number of nitrogens with one attached hydrogen (secondary N) is 1. The Hall–Kier alpha value is -3.68. The van der Waals surface area contributed by atoms with Crippen LogP contribution in [0.25, 0.3) is 10.9 Å². The van der Waals surface area contributed by atoms with Crippen LogP contribution >= 0.6 is 0 Å². The third-order valence-electron chi connectivity index (χ3n) is 4.94. The van der Waals surface area contributed by atoms with Crippen molar-refractivity contribution in [2.24, 2.45) is 0 Å². The molecule has 2 aromatic carbocycles. The summed E-state index contributed by atoms with van der Waals surface area (Å²) in [6.07, 6.45) is 2.44. The van der Waals surface area contributed by atoms with Crippen molar-refractivity contribution in [1.82, 2.24) is 9.47 Å². The van der Waals surface area contributed by atoms with Crippen molar-refractivity contribution in [3.05, 3.63) is 70.9 Å². The molecule has 30 heavy (non-hydrogen) atoms. The molecule has 0 fully saturated rings. The Balaban J connectivity index is 1.76. The zero-order valence-corrected chi connectivity index (χ0v) is 16.9. The highest BCUT2D eigenvalue weighted by Gasteiger charge is 2.25. The first-order valence-corrected chi connectivity index (χ1v) is 9.79. The van der Waals surface area contributed by atoms with Gasteiger partial charge in [-0.25, -0.2) is 0 Å². The fraction of sp³-hybridized carbons (Fsp3) is 0.273. The molecule has 1 heterocycles. The monoisotopic (exact) mass is 408 g/mol. The molecule has 0 saturated heterocycles. The van der Waals surface area contributed by atoms with E-state index in [2.05, 4.69) is 5.32 Å². The summed E-state index contributed by atoms with van der Waals surface area (Å²) >= 11 is 0. The minimum Gasteiger partial charge on any atom is -0.338 e. The molecule has 0 saturated carbocycles. The largest absolute Gasteiger partial charge is 0.338 e. The van der Waals surface area contributed by atoms with Crippen LogP contribution in [0.5, 0.6) is 0 Å². The van der Waals surface area contributed by atoms with Gasteiger partial charge >= 0.3 is 0 Å². The molecule has 0 radical (unpaired) electrons. The maximum Gasteiger partial charge on any atom is 0.270 e. The van der Waals surface area contributed by atoms with Crippen LogP contribution in [0.4, 0.5) is 11.4 Å². The minimum absolute atomic E-state index is 0.00499. The molecule has 2 amide bonds. The molecule has 3 rings (SSSR count). The number of fused-ring (bicyclic) bond motifs is 1. The fourth-order valence-electron chi connectivity index (χ4n) is 3.36. The van der Waals surface area contributed by atoms with Gasteiger partial charge in [-0.05, 0) is 37.6 Å². The maximum absolute atomic E-state index is 13.0. The van der Waals surface area contributed by atoms with Gasteiger partial charge in [0.1, 0.15) is 12.6 Å². The molecule has 8 heteroatoms. The van der Waals surface area contributed by atoms with Crippen LogP contribution in [0, 0.1) is 10.1 Å². The number of nitrogens with zero attached hydrogens (tertiary/aromatic N) is 3. The van der Waals surface area contributed by atoms with Gasteiger partial charge in [-0.15, -0.1) is 0 Å². The van der Waals surface area contributed by atoms with Gasteiger partial charge in [-0.2, -0.15) is 0 Å². The summed E-state index contributed by atoms with van der Waals surface area (Å²) < 4.78 is 1.74. The highest BCUT2D eigenvalue weighted by molar-refractivity contribution is 5.97. The Morgan fingerprint density at radius 2 is 1.90 bits per heavy atom. The zero-order chi connectivity index (χ0) is 21.7. The summed E-state index contributed by atoms with van der Waals surface area (Å²) in [6.45, 7) is 4.16. The molecule has 1 unspecified atom stereocenters. The minimum atomic E-state index is -0.638. The molecule has 156 valence electrons. The van der Waals surface area contributed by atoms with Gasteiger partial charge in [-0.1, -0.05) is 25.1 Å². The highest BCUT2D eigenvalue weighted by atomic mass is 16.6. The number of nitro benzene ring substituents is 1. The predicted octanol–water partition coefficient (Wildman–Crippen LogP) is 3.82. The van der Waals surface area contributed by atoms with Gasteiger partial charge in [-0.3, -0.25) is 19.7 Å². The van der Waals surface area contributed by atoms with Crippen LogP contribution in [0.3, 0.4) is 0 Å². The fourth-order valence-corrected chi connectivity index (χ4v) is 3.36. The number of aromatic nitrogens is 1. The average molecular weight is 408 g/mol. The van der Waals surface area contributed by atoms with Crippen LogP contribution in [0.2, 0.25) is 0 Å². The number of hydrogen-bond donors (Lipinski definition) is 1. The molecular weight excluding hydrogens is 384 g/mol. The molecule has 3 aromatic rings. The van der Waals surface area contributed by atoms with Crippen molar-refractivity contribution in [3.8, 4) is 0 Å². The third-order valence-corrected chi connectivity index (χ3v) is 4.94. The molecule has 1 N–H and O–H groups in total. The van der Waals surface area contributed by atoms with Crippen molar-refractivity contribution >= 4 is 34.1 Å². The topological polar surface area (TPSA) is 97.5 Å². The van der Waals surface area contributed by atoms with Crippen molar-refractivity contribution in [2.45, 2.75) is 32.9 Å². The van der Waals surface area contributed by atoms with Crippen molar-refractivity contribution in [3.63, 3.8) is 0 Å². The maximum atomic E-state index is 13.0. The lowest BCUT2D eigenvalue weighted by Gasteiger charge is -2.28. The number of hydrogen-bond acceptors (Lipinski definition) is 4. The lowest BCUT2D eigenvalue weighted by atomic mass is 10.2. The number of anilines is 1. The quantitative estimate of drug-likeness (QED) is 0.453. The van der Waals surface area contributed by atoms with Gasteiger partial charge in [0.05, 0.1) is 4.92 Å². The smallest absolute Gasteiger partial charge is 0.270 e. The van der Waals surface area contributed by atoms with Gasteiger partial charge in [0, 0.05) is 41.5 Å². The van der Waals surface area contributed by atoms with E-state index in [4.69, 9.17) is 0 Å². The second-order valence-corrected chi connectivity index (χ2v) is 7.06. The van der Waals surface area contributed by atoms with E-state index in [-0.39, 0.29) is 24.0 Å². The van der Waals surface area contributed by atoms with Gasteiger partial charge in [0.2, 0.25) is 11.8 Å². The molecule has 0 aliphatic carbocycles. The van der Waals surface area contributed by atoms with E-state index in [9.17, 15) is 19.7 Å². The first-order chi connectivity index (χ1) is 14.4. The van der Waals surface area contributed by atoms with Crippen LogP contribution in [-0.4, -0.2) is 38.8 Å². The normalized spacial score (nSPS) is 11.8. The average Bonchev–Trinajstić information content (AvgIpc) is 3.14. The summed E-state index contributed by atoms with van der Waals surface area (Å²) in [7, 11) is 0. The second kappa shape index (κ2) is 9.21. The van der Waals surface area contributed by atoms with E-state index in [0.29, 0.717) is 24.0 Å². The Bertz CT molecular complexity index is 1060. The number of benzene rings is 2. The summed E-state index contributed by atoms with van der Waals surface area (Å²) in [5, 5.41) is 14.5. The Morgan fingerprint density at radius 1 is 1.17 bits per heavy atom. The van der Waals surface area contributed by atoms with Crippen LogP contribution in [-0.2, 0) is 16.1 Å². The van der Waals surface area contributed by atoms with Crippen LogP contribution in [0.15, 0.2) is 60.8 Å². The van der Waals surface area contributed by atoms with E-state index in [1.807, 2.05) is 25.1 Å². The number of carbonyl (C=O) groups excluding carboxylic acids is 2. The molecule has 0 bridgehead atoms. The van der Waals surface area contributed by atoms with Gasteiger partial charge in [0.25, 0.3) is 5.69 Å². The first kappa shape index (κ1) is 21.0.